The van der Waals surface area contributed by atoms with Crippen molar-refractivity contribution in [2.24, 2.45) is 5.92 Å². The lowest BCUT2D eigenvalue weighted by molar-refractivity contribution is -0.133. The number of hydrogen-bond donors (Lipinski definition) is 0. The monoisotopic (exact) mass is 184 g/mol. The lowest BCUT2D eigenvalue weighted by Crippen LogP contribution is -2.08. The van der Waals surface area contributed by atoms with Crippen molar-refractivity contribution in [2.45, 2.75) is 12.8 Å². The first-order valence-corrected chi connectivity index (χ1v) is 5.15. The van der Waals surface area contributed by atoms with Crippen molar-refractivity contribution < 1.29 is 9.53 Å². The molecule has 0 aromatic rings. The van der Waals surface area contributed by atoms with E-state index in [0.29, 0.717) is 5.92 Å². The first-order valence-electron chi connectivity index (χ1n) is 4.00. The predicted molar refractivity (Wildman–Crippen MR) is 49.8 cm³/mol. The molecular formula is C9H12O2S. The molecule has 0 spiro atoms. The van der Waals surface area contributed by atoms with E-state index in [4.69, 9.17) is 0 Å². The van der Waals surface area contributed by atoms with Crippen molar-refractivity contribution in [1.82, 2.24) is 0 Å². The van der Waals surface area contributed by atoms with Crippen molar-refractivity contribution in [3.05, 3.63) is 0 Å². The smallest absolute Gasteiger partial charge is 0.384 e. The van der Waals surface area contributed by atoms with Gasteiger partial charge >= 0.3 is 5.97 Å². The number of ether oxygens (including phenoxy) is 1. The standard InChI is InChI=1S/C9H12O2S/c1-11-9(10)5-4-8-3-2-6-12-7-8/h8H,2-3,6-7H2,1H3. The van der Waals surface area contributed by atoms with Gasteiger partial charge in [-0.2, -0.15) is 11.8 Å². The molecule has 0 aromatic carbocycles. The number of carbonyl (C=O) groups is 1. The summed E-state index contributed by atoms with van der Waals surface area (Å²) in [5, 5.41) is 0. The zero-order valence-electron chi connectivity index (χ0n) is 7.13. The Bertz CT molecular complexity index is 208. The minimum absolute atomic E-state index is 0.392. The molecule has 0 saturated carbocycles. The molecule has 2 nitrogen and oxygen atoms in total. The molecule has 1 unspecified atom stereocenters. The van der Waals surface area contributed by atoms with E-state index in [1.54, 1.807) is 0 Å². The molecule has 0 bridgehead atoms. The van der Waals surface area contributed by atoms with Crippen molar-refractivity contribution in [3.63, 3.8) is 0 Å². The summed E-state index contributed by atoms with van der Waals surface area (Å²) in [6, 6.07) is 0. The quantitative estimate of drug-likeness (QED) is 0.322. The van der Waals surface area contributed by atoms with Crippen LogP contribution in [-0.2, 0) is 9.53 Å². The van der Waals surface area contributed by atoms with Gasteiger partial charge in [-0.25, -0.2) is 4.79 Å². The Morgan fingerprint density at radius 3 is 3.08 bits per heavy atom. The average molecular weight is 184 g/mol. The molecule has 0 aliphatic carbocycles. The Kier molecular flexibility index (Phi) is 4.02. The highest BCUT2D eigenvalue weighted by atomic mass is 32.2. The Morgan fingerprint density at radius 2 is 2.50 bits per heavy atom. The molecular weight excluding hydrogens is 172 g/mol. The van der Waals surface area contributed by atoms with E-state index in [-0.39, 0.29) is 0 Å². The minimum atomic E-state index is -0.425. The van der Waals surface area contributed by atoms with Gasteiger partial charge in [0.1, 0.15) is 0 Å². The zero-order valence-corrected chi connectivity index (χ0v) is 7.95. The lowest BCUT2D eigenvalue weighted by Gasteiger charge is -2.14. The molecule has 1 rings (SSSR count). The number of esters is 1. The third-order valence-corrected chi connectivity index (χ3v) is 2.94. The predicted octanol–water partition coefficient (Wildman–Crippen LogP) is 1.31. The molecule has 1 atom stereocenters. The maximum atomic E-state index is 10.7. The van der Waals surface area contributed by atoms with Crippen molar-refractivity contribution in [2.75, 3.05) is 18.6 Å². The maximum absolute atomic E-state index is 10.7. The van der Waals surface area contributed by atoms with E-state index in [1.807, 2.05) is 11.8 Å². The summed E-state index contributed by atoms with van der Waals surface area (Å²) in [4.78, 5) is 10.7. The summed E-state index contributed by atoms with van der Waals surface area (Å²) in [6.45, 7) is 0. The molecule has 1 heterocycles. The second-order valence-electron chi connectivity index (χ2n) is 2.67. The van der Waals surface area contributed by atoms with E-state index in [1.165, 1.54) is 19.3 Å². The number of thioether (sulfide) groups is 1. The van der Waals surface area contributed by atoms with Gasteiger partial charge in [0.25, 0.3) is 0 Å². The Balaban J connectivity index is 2.35. The highest BCUT2D eigenvalue weighted by Gasteiger charge is 2.10. The molecule has 0 radical (unpaired) electrons. The van der Waals surface area contributed by atoms with Gasteiger partial charge in [-0.1, -0.05) is 5.92 Å². The van der Waals surface area contributed by atoms with E-state index >= 15 is 0 Å². The fourth-order valence-electron chi connectivity index (χ4n) is 1.07. The molecule has 66 valence electrons. The summed E-state index contributed by atoms with van der Waals surface area (Å²) in [6.07, 6.45) is 2.34. The zero-order chi connectivity index (χ0) is 8.81. The van der Waals surface area contributed by atoms with E-state index in [2.05, 4.69) is 16.6 Å². The summed E-state index contributed by atoms with van der Waals surface area (Å²) in [5.74, 6) is 7.66. The van der Waals surface area contributed by atoms with Crippen LogP contribution in [0.4, 0.5) is 0 Å². The summed E-state index contributed by atoms with van der Waals surface area (Å²) < 4.78 is 4.42. The van der Waals surface area contributed by atoms with Crippen LogP contribution in [0.3, 0.4) is 0 Å². The normalized spacial score (nSPS) is 22.2. The van der Waals surface area contributed by atoms with E-state index < -0.39 is 5.97 Å². The first kappa shape index (κ1) is 9.47. The number of carbonyl (C=O) groups excluding carboxylic acids is 1. The molecule has 1 saturated heterocycles. The molecule has 12 heavy (non-hydrogen) atoms. The largest absolute Gasteiger partial charge is 0.459 e. The number of methoxy groups -OCH3 is 1. The van der Waals surface area contributed by atoms with Gasteiger partial charge in [0.05, 0.1) is 7.11 Å². The topological polar surface area (TPSA) is 26.3 Å². The Labute approximate surface area is 77.1 Å². The SMILES string of the molecule is COC(=O)C#CC1CCCSC1. The molecule has 0 N–H and O–H groups in total. The molecule has 0 aromatic heterocycles. The van der Waals surface area contributed by atoms with Crippen LogP contribution < -0.4 is 0 Å². The van der Waals surface area contributed by atoms with Gasteiger partial charge in [0, 0.05) is 17.6 Å². The van der Waals surface area contributed by atoms with Crippen LogP contribution in [0.5, 0.6) is 0 Å². The van der Waals surface area contributed by atoms with Gasteiger partial charge in [0.15, 0.2) is 0 Å². The van der Waals surface area contributed by atoms with Gasteiger partial charge in [0.2, 0.25) is 0 Å². The van der Waals surface area contributed by atoms with Crippen LogP contribution in [-0.4, -0.2) is 24.6 Å². The number of hydrogen-bond acceptors (Lipinski definition) is 3. The van der Waals surface area contributed by atoms with Crippen LogP contribution in [0.25, 0.3) is 0 Å². The van der Waals surface area contributed by atoms with Gasteiger partial charge < -0.3 is 4.74 Å². The summed E-state index contributed by atoms with van der Waals surface area (Å²) >= 11 is 1.91. The molecule has 0 amide bonds. The van der Waals surface area contributed by atoms with Gasteiger partial charge in [-0.05, 0) is 18.6 Å². The molecule has 1 aliphatic rings. The Hall–Kier alpha value is -0.620. The first-order chi connectivity index (χ1) is 5.83. The molecule has 1 fully saturated rings. The number of rotatable bonds is 0. The van der Waals surface area contributed by atoms with Crippen LogP contribution in [0.15, 0.2) is 0 Å². The van der Waals surface area contributed by atoms with Crippen LogP contribution in [0.2, 0.25) is 0 Å². The van der Waals surface area contributed by atoms with Crippen LogP contribution >= 0.6 is 11.8 Å². The van der Waals surface area contributed by atoms with Crippen LogP contribution in [0, 0.1) is 17.8 Å². The summed E-state index contributed by atoms with van der Waals surface area (Å²) in [7, 11) is 1.35. The van der Waals surface area contributed by atoms with Gasteiger partial charge in [-0.3, -0.25) is 0 Å². The lowest BCUT2D eigenvalue weighted by atomic mass is 10.1. The second-order valence-corrected chi connectivity index (χ2v) is 3.82. The van der Waals surface area contributed by atoms with Crippen LogP contribution in [0.1, 0.15) is 12.8 Å². The fourth-order valence-corrected chi connectivity index (χ4v) is 2.14. The third kappa shape index (κ3) is 3.19. The minimum Gasteiger partial charge on any atom is -0.459 e. The molecule has 1 aliphatic heterocycles. The van der Waals surface area contributed by atoms with Crippen molar-refractivity contribution in [1.29, 1.82) is 0 Å². The van der Waals surface area contributed by atoms with Gasteiger partial charge in [-0.15, -0.1) is 0 Å². The average Bonchev–Trinajstić information content (AvgIpc) is 2.16. The summed E-state index contributed by atoms with van der Waals surface area (Å²) in [5.41, 5.74) is 0. The third-order valence-electron chi connectivity index (χ3n) is 1.72. The molecule has 3 heteroatoms. The highest BCUT2D eigenvalue weighted by molar-refractivity contribution is 7.99. The van der Waals surface area contributed by atoms with E-state index in [0.717, 1.165) is 12.2 Å². The maximum Gasteiger partial charge on any atom is 0.384 e. The van der Waals surface area contributed by atoms with Crippen molar-refractivity contribution >= 4 is 17.7 Å². The van der Waals surface area contributed by atoms with E-state index in [9.17, 15) is 4.79 Å². The van der Waals surface area contributed by atoms with Crippen molar-refractivity contribution in [3.8, 4) is 11.8 Å². The second kappa shape index (κ2) is 5.10. The fraction of sp³-hybridized carbons (Fsp3) is 0.667. The highest BCUT2D eigenvalue weighted by Crippen LogP contribution is 2.21. The Morgan fingerprint density at radius 1 is 1.67 bits per heavy atom.